The maximum Gasteiger partial charge on any atom is 0.155 e. The molecule has 21 heavy (non-hydrogen) atoms. The molecule has 4 aliphatic carbocycles. The zero-order valence-corrected chi connectivity index (χ0v) is 13.2. The van der Waals surface area contributed by atoms with Crippen LogP contribution in [0.25, 0.3) is 0 Å². The van der Waals surface area contributed by atoms with Gasteiger partial charge in [-0.1, -0.05) is 12.0 Å². The fraction of sp³-hybridized carbons (Fsp3) is 0.842. The minimum absolute atomic E-state index is 0.143. The number of hydrogen-bond acceptors (Lipinski definition) is 2. The van der Waals surface area contributed by atoms with Crippen molar-refractivity contribution in [1.29, 1.82) is 0 Å². The van der Waals surface area contributed by atoms with Crippen LogP contribution in [0.3, 0.4) is 0 Å². The lowest BCUT2D eigenvalue weighted by molar-refractivity contribution is -0.116. The fourth-order valence-corrected chi connectivity index (χ4v) is 6.61. The molecule has 0 amide bonds. The average Bonchev–Trinajstić information content (AvgIpc) is 2.92. The number of fused-ring (bicyclic) bond motifs is 5. The molecule has 4 rings (SSSR count). The van der Waals surface area contributed by atoms with Crippen molar-refractivity contribution in [3.05, 3.63) is 11.6 Å². The van der Waals surface area contributed by atoms with Crippen LogP contribution < -0.4 is 0 Å². The number of carbonyl (C=O) groups is 1. The summed E-state index contributed by atoms with van der Waals surface area (Å²) in [5.41, 5.74) is 1.70. The molecule has 3 fully saturated rings. The lowest BCUT2D eigenvalue weighted by Gasteiger charge is -2.54. The summed E-state index contributed by atoms with van der Waals surface area (Å²) in [5, 5.41) is 10.4. The Morgan fingerprint density at radius 1 is 1.14 bits per heavy atom. The monoisotopic (exact) mass is 288 g/mol. The van der Waals surface area contributed by atoms with E-state index >= 15 is 0 Å². The van der Waals surface area contributed by atoms with E-state index in [2.05, 4.69) is 0 Å². The SMILES string of the molecule is CC(O)[C@@]12CCC[C@H]1[C@@H]1CCC3=CC(=O)CC[C@@H]3[C@H]1CC2. The van der Waals surface area contributed by atoms with E-state index in [1.165, 1.54) is 44.1 Å². The van der Waals surface area contributed by atoms with E-state index < -0.39 is 0 Å². The van der Waals surface area contributed by atoms with Gasteiger partial charge in [0.15, 0.2) is 5.78 Å². The van der Waals surface area contributed by atoms with Gasteiger partial charge in [-0.05, 0) is 87.0 Å². The molecule has 0 radical (unpaired) electrons. The van der Waals surface area contributed by atoms with E-state index in [0.29, 0.717) is 11.7 Å². The molecule has 116 valence electrons. The maximum absolute atomic E-state index is 11.7. The number of rotatable bonds is 1. The fourth-order valence-electron chi connectivity index (χ4n) is 6.61. The average molecular weight is 288 g/mol. The third-order valence-corrected chi connectivity index (χ3v) is 7.55. The van der Waals surface area contributed by atoms with E-state index in [1.807, 2.05) is 13.0 Å². The van der Waals surface area contributed by atoms with Gasteiger partial charge in [-0.2, -0.15) is 0 Å². The molecule has 0 spiro atoms. The largest absolute Gasteiger partial charge is 0.393 e. The first-order valence-corrected chi connectivity index (χ1v) is 9.03. The number of aliphatic hydroxyl groups is 1. The Labute approximate surface area is 128 Å². The Morgan fingerprint density at radius 3 is 2.81 bits per heavy atom. The number of carbonyl (C=O) groups excluding carboxylic acids is 1. The smallest absolute Gasteiger partial charge is 0.155 e. The number of ketones is 1. The molecule has 0 aromatic heterocycles. The predicted molar refractivity (Wildman–Crippen MR) is 82.7 cm³/mol. The Balaban J connectivity index is 1.63. The standard InChI is InChI=1S/C19H28O2/c1-12(20)19-9-2-3-18(19)17-6-4-13-11-14(21)5-7-15(13)16(17)8-10-19/h11-12,15-18,20H,2-10H2,1H3/t12?,15-,16+,17+,18-,19-/m0/s1. The van der Waals surface area contributed by atoms with Gasteiger partial charge in [0, 0.05) is 6.42 Å². The second-order valence-corrected chi connectivity index (χ2v) is 8.14. The van der Waals surface area contributed by atoms with Crippen molar-refractivity contribution in [3.8, 4) is 0 Å². The first-order chi connectivity index (χ1) is 10.1. The van der Waals surface area contributed by atoms with Gasteiger partial charge in [-0.3, -0.25) is 4.79 Å². The molecule has 1 unspecified atom stereocenters. The summed E-state index contributed by atoms with van der Waals surface area (Å²) in [6.45, 7) is 2.03. The first kappa shape index (κ1) is 14.0. The molecule has 1 N–H and O–H groups in total. The molecular formula is C19H28O2. The minimum Gasteiger partial charge on any atom is -0.393 e. The second-order valence-electron chi connectivity index (χ2n) is 8.14. The highest BCUT2D eigenvalue weighted by Crippen LogP contribution is 2.62. The van der Waals surface area contributed by atoms with Crippen molar-refractivity contribution in [1.82, 2.24) is 0 Å². The van der Waals surface area contributed by atoms with Gasteiger partial charge in [0.05, 0.1) is 6.10 Å². The summed E-state index contributed by atoms with van der Waals surface area (Å²) < 4.78 is 0. The summed E-state index contributed by atoms with van der Waals surface area (Å²) in [4.78, 5) is 11.7. The molecule has 4 aliphatic rings. The van der Waals surface area contributed by atoms with E-state index in [-0.39, 0.29) is 11.5 Å². The molecule has 0 aromatic carbocycles. The summed E-state index contributed by atoms with van der Waals surface area (Å²) in [6, 6.07) is 0. The van der Waals surface area contributed by atoms with Gasteiger partial charge >= 0.3 is 0 Å². The summed E-state index contributed by atoms with van der Waals surface area (Å²) in [5.74, 6) is 3.40. The van der Waals surface area contributed by atoms with E-state index in [4.69, 9.17) is 0 Å². The zero-order chi connectivity index (χ0) is 14.6. The topological polar surface area (TPSA) is 37.3 Å². The number of aliphatic hydroxyl groups excluding tert-OH is 1. The maximum atomic E-state index is 11.7. The predicted octanol–water partition coefficient (Wildman–Crippen LogP) is 3.88. The van der Waals surface area contributed by atoms with Crippen molar-refractivity contribution < 1.29 is 9.90 Å². The third kappa shape index (κ3) is 1.98. The van der Waals surface area contributed by atoms with Gasteiger partial charge in [0.1, 0.15) is 0 Å². The summed E-state index contributed by atoms with van der Waals surface area (Å²) in [6.07, 6.45) is 12.5. The molecule has 2 nitrogen and oxygen atoms in total. The summed E-state index contributed by atoms with van der Waals surface area (Å²) >= 11 is 0. The quantitative estimate of drug-likeness (QED) is 0.795. The van der Waals surface area contributed by atoms with Crippen LogP contribution in [0.4, 0.5) is 0 Å². The summed E-state index contributed by atoms with van der Waals surface area (Å²) in [7, 11) is 0. The molecule has 0 aliphatic heterocycles. The van der Waals surface area contributed by atoms with Crippen LogP contribution in [0, 0.1) is 29.1 Å². The van der Waals surface area contributed by atoms with E-state index in [0.717, 1.165) is 37.0 Å². The van der Waals surface area contributed by atoms with Crippen LogP contribution >= 0.6 is 0 Å². The number of hydrogen-bond donors (Lipinski definition) is 1. The van der Waals surface area contributed by atoms with Gasteiger partial charge in [0.2, 0.25) is 0 Å². The van der Waals surface area contributed by atoms with Crippen LogP contribution in [-0.4, -0.2) is 17.0 Å². The first-order valence-electron chi connectivity index (χ1n) is 9.03. The van der Waals surface area contributed by atoms with Gasteiger partial charge in [0.25, 0.3) is 0 Å². The van der Waals surface area contributed by atoms with Crippen molar-refractivity contribution in [2.24, 2.45) is 29.1 Å². The lowest BCUT2D eigenvalue weighted by Crippen LogP contribution is -2.49. The highest BCUT2D eigenvalue weighted by Gasteiger charge is 2.56. The van der Waals surface area contributed by atoms with Crippen LogP contribution in [0.2, 0.25) is 0 Å². The van der Waals surface area contributed by atoms with Crippen LogP contribution in [0.15, 0.2) is 11.6 Å². The van der Waals surface area contributed by atoms with Crippen LogP contribution in [0.5, 0.6) is 0 Å². The molecule has 0 saturated heterocycles. The zero-order valence-electron chi connectivity index (χ0n) is 13.2. The molecule has 3 saturated carbocycles. The highest BCUT2D eigenvalue weighted by molar-refractivity contribution is 5.91. The molecule has 6 atom stereocenters. The molecule has 0 aromatic rings. The van der Waals surface area contributed by atoms with Gasteiger partial charge in [-0.15, -0.1) is 0 Å². The van der Waals surface area contributed by atoms with Crippen molar-refractivity contribution in [2.45, 2.75) is 70.8 Å². The molecule has 0 heterocycles. The minimum atomic E-state index is -0.143. The normalized spacial score (nSPS) is 47.1. The Kier molecular flexibility index (Phi) is 3.29. The Bertz CT molecular complexity index is 478. The highest BCUT2D eigenvalue weighted by atomic mass is 16.3. The van der Waals surface area contributed by atoms with Gasteiger partial charge < -0.3 is 5.11 Å². The van der Waals surface area contributed by atoms with Crippen molar-refractivity contribution >= 4 is 5.78 Å². The van der Waals surface area contributed by atoms with E-state index in [9.17, 15) is 9.90 Å². The molecule has 2 heteroatoms. The Hall–Kier alpha value is -0.630. The van der Waals surface area contributed by atoms with Gasteiger partial charge in [-0.25, -0.2) is 0 Å². The molecule has 0 bridgehead atoms. The van der Waals surface area contributed by atoms with Crippen molar-refractivity contribution in [2.75, 3.05) is 0 Å². The number of allylic oxidation sites excluding steroid dienone is 1. The van der Waals surface area contributed by atoms with Crippen LogP contribution in [0.1, 0.15) is 64.7 Å². The Morgan fingerprint density at radius 2 is 2.00 bits per heavy atom. The lowest BCUT2D eigenvalue weighted by atomic mass is 9.51. The van der Waals surface area contributed by atoms with E-state index in [1.54, 1.807) is 0 Å². The van der Waals surface area contributed by atoms with Crippen LogP contribution in [-0.2, 0) is 4.79 Å². The second kappa shape index (κ2) is 4.94. The third-order valence-electron chi connectivity index (χ3n) is 7.55. The van der Waals surface area contributed by atoms with Crippen molar-refractivity contribution in [3.63, 3.8) is 0 Å². The molecular weight excluding hydrogens is 260 g/mol.